The van der Waals surface area contributed by atoms with Gasteiger partial charge in [-0.1, -0.05) is 38.5 Å². The Morgan fingerprint density at radius 3 is 1.69 bits per heavy atom. The maximum atomic E-state index is 12.4. The van der Waals surface area contributed by atoms with Gasteiger partial charge in [-0.25, -0.2) is 0 Å². The lowest BCUT2D eigenvalue weighted by atomic mass is 9.79. The molecule has 0 radical (unpaired) electrons. The molecule has 1 amide bonds. The molecule has 6 heteroatoms. The Labute approximate surface area is 156 Å². The highest BCUT2D eigenvalue weighted by Crippen LogP contribution is 2.43. The van der Waals surface area contributed by atoms with E-state index in [1.807, 2.05) is 0 Å². The monoisotopic (exact) mass is 379 g/mol. The molecule has 5 nitrogen and oxygen atoms in total. The molecule has 144 valence electrons. The van der Waals surface area contributed by atoms with Gasteiger partial charge in [0.05, 0.1) is 0 Å². The lowest BCUT2D eigenvalue weighted by molar-refractivity contribution is -0.114. The van der Waals surface area contributed by atoms with E-state index in [1.54, 1.807) is 12.1 Å². The molecule has 0 bridgehead atoms. The normalized spacial score (nSPS) is 20.1. The Hall–Kier alpha value is -1.40. The molecule has 26 heavy (non-hydrogen) atoms. The number of rotatable bonds is 4. The number of amides is 1. The first-order valence-corrected chi connectivity index (χ1v) is 11.2. The first kappa shape index (κ1) is 19.4. The van der Waals surface area contributed by atoms with Gasteiger partial charge in [0.25, 0.3) is 10.1 Å². The van der Waals surface area contributed by atoms with Crippen molar-refractivity contribution in [3.05, 3.63) is 23.3 Å². The van der Waals surface area contributed by atoms with E-state index in [4.69, 9.17) is 0 Å². The molecule has 0 saturated heterocycles. The third-order valence-electron chi connectivity index (χ3n) is 5.81. The van der Waals surface area contributed by atoms with E-state index < -0.39 is 10.1 Å². The van der Waals surface area contributed by atoms with Crippen molar-refractivity contribution in [2.24, 2.45) is 0 Å². The molecule has 0 aromatic heterocycles. The zero-order valence-electron chi connectivity index (χ0n) is 15.5. The highest BCUT2D eigenvalue weighted by atomic mass is 32.2. The van der Waals surface area contributed by atoms with Gasteiger partial charge in [0, 0.05) is 12.6 Å². The molecule has 1 aromatic rings. The van der Waals surface area contributed by atoms with Gasteiger partial charge in [-0.2, -0.15) is 8.42 Å². The van der Waals surface area contributed by atoms with Crippen LogP contribution in [-0.2, 0) is 14.9 Å². The van der Waals surface area contributed by atoms with Crippen LogP contribution in [0.15, 0.2) is 17.0 Å². The predicted octanol–water partition coefficient (Wildman–Crippen LogP) is 4.99. The van der Waals surface area contributed by atoms with Crippen LogP contribution in [0.4, 0.5) is 5.69 Å². The fourth-order valence-corrected chi connectivity index (χ4v) is 5.73. The number of benzene rings is 1. The molecule has 2 aliphatic rings. The third-order valence-corrected chi connectivity index (χ3v) is 6.80. The van der Waals surface area contributed by atoms with Gasteiger partial charge in [0.2, 0.25) is 5.91 Å². The maximum absolute atomic E-state index is 12.4. The van der Waals surface area contributed by atoms with E-state index in [0.717, 1.165) is 51.4 Å². The van der Waals surface area contributed by atoms with E-state index in [1.165, 1.54) is 19.8 Å². The van der Waals surface area contributed by atoms with E-state index in [9.17, 15) is 17.8 Å². The Kier molecular flexibility index (Phi) is 6.03. The fraction of sp³-hybridized carbons (Fsp3) is 0.650. The Morgan fingerprint density at radius 2 is 1.35 bits per heavy atom. The number of hydrogen-bond acceptors (Lipinski definition) is 3. The molecule has 0 aliphatic heterocycles. The van der Waals surface area contributed by atoms with Crippen LogP contribution in [-0.4, -0.2) is 18.9 Å². The average Bonchev–Trinajstić information content (AvgIpc) is 2.61. The van der Waals surface area contributed by atoms with E-state index in [-0.39, 0.29) is 22.6 Å². The van der Waals surface area contributed by atoms with Gasteiger partial charge in [-0.3, -0.25) is 9.35 Å². The van der Waals surface area contributed by atoms with E-state index in [2.05, 4.69) is 5.32 Å². The topological polar surface area (TPSA) is 83.5 Å². The standard InChI is InChI=1S/C20H29NO4S/c1-14(22)21-17-12-18(15-8-4-2-5-9-15)20(26(23,24)25)19(13-17)16-10-6-3-7-11-16/h12-13,15-16H,2-11H2,1H3,(H,21,22)(H,23,24,25). The molecule has 2 saturated carbocycles. The Bertz CT molecular complexity index is 721. The summed E-state index contributed by atoms with van der Waals surface area (Å²) in [7, 11) is -4.32. The highest BCUT2D eigenvalue weighted by Gasteiger charge is 2.31. The van der Waals surface area contributed by atoms with Crippen LogP contribution >= 0.6 is 0 Å². The molecule has 0 unspecified atom stereocenters. The molecule has 1 aromatic carbocycles. The number of hydrogen-bond donors (Lipinski definition) is 2. The summed E-state index contributed by atoms with van der Waals surface area (Å²) in [6, 6.07) is 3.54. The predicted molar refractivity (Wildman–Crippen MR) is 102 cm³/mol. The lowest BCUT2D eigenvalue weighted by Crippen LogP contribution is -2.18. The second kappa shape index (κ2) is 8.09. The number of nitrogens with one attached hydrogen (secondary N) is 1. The Morgan fingerprint density at radius 1 is 0.923 bits per heavy atom. The molecular weight excluding hydrogens is 350 g/mol. The maximum Gasteiger partial charge on any atom is 0.295 e. The molecule has 0 spiro atoms. The molecule has 2 N–H and O–H groups in total. The molecule has 2 fully saturated rings. The van der Waals surface area contributed by atoms with Crippen molar-refractivity contribution in [3.63, 3.8) is 0 Å². The second-order valence-electron chi connectivity index (χ2n) is 7.81. The van der Waals surface area contributed by atoms with Crippen molar-refractivity contribution in [3.8, 4) is 0 Å². The second-order valence-corrected chi connectivity index (χ2v) is 9.17. The minimum absolute atomic E-state index is 0.116. The summed E-state index contributed by atoms with van der Waals surface area (Å²) < 4.78 is 34.8. The number of carbonyl (C=O) groups excluding carboxylic acids is 1. The number of anilines is 1. The van der Waals surface area contributed by atoms with Crippen molar-refractivity contribution in [2.75, 3.05) is 5.32 Å². The first-order chi connectivity index (χ1) is 12.4. The first-order valence-electron chi connectivity index (χ1n) is 9.79. The highest BCUT2D eigenvalue weighted by molar-refractivity contribution is 7.86. The van der Waals surface area contributed by atoms with Crippen LogP contribution in [0.25, 0.3) is 0 Å². The average molecular weight is 380 g/mol. The van der Waals surface area contributed by atoms with Crippen molar-refractivity contribution < 1.29 is 17.8 Å². The molecule has 0 atom stereocenters. The van der Waals surface area contributed by atoms with Crippen molar-refractivity contribution in [2.45, 2.75) is 87.9 Å². The van der Waals surface area contributed by atoms with E-state index in [0.29, 0.717) is 16.8 Å². The quantitative estimate of drug-likeness (QED) is 0.722. The third kappa shape index (κ3) is 4.46. The summed E-state index contributed by atoms with van der Waals surface area (Å²) in [5.74, 6) is 0.0715. The summed E-state index contributed by atoms with van der Waals surface area (Å²) in [6.45, 7) is 1.46. The van der Waals surface area contributed by atoms with Crippen molar-refractivity contribution in [1.82, 2.24) is 0 Å². The van der Waals surface area contributed by atoms with Crippen LogP contribution in [0.5, 0.6) is 0 Å². The molecule has 2 aliphatic carbocycles. The van der Waals surface area contributed by atoms with Gasteiger partial charge in [-0.05, 0) is 60.8 Å². The zero-order valence-corrected chi connectivity index (χ0v) is 16.3. The summed E-state index contributed by atoms with van der Waals surface area (Å²) in [6.07, 6.45) is 10.3. The van der Waals surface area contributed by atoms with E-state index >= 15 is 0 Å². The van der Waals surface area contributed by atoms with Crippen LogP contribution < -0.4 is 5.32 Å². The Balaban J connectivity index is 2.16. The van der Waals surface area contributed by atoms with Crippen LogP contribution in [0, 0.1) is 0 Å². The van der Waals surface area contributed by atoms with Crippen molar-refractivity contribution in [1.29, 1.82) is 0 Å². The van der Waals surface area contributed by atoms with Gasteiger partial charge in [0.1, 0.15) is 4.90 Å². The van der Waals surface area contributed by atoms with Gasteiger partial charge in [-0.15, -0.1) is 0 Å². The minimum Gasteiger partial charge on any atom is -0.326 e. The van der Waals surface area contributed by atoms with Gasteiger partial charge < -0.3 is 5.32 Å². The smallest absolute Gasteiger partial charge is 0.295 e. The fourth-order valence-electron chi connectivity index (χ4n) is 4.68. The summed E-state index contributed by atoms with van der Waals surface area (Å²) >= 11 is 0. The largest absolute Gasteiger partial charge is 0.326 e. The number of carbonyl (C=O) groups is 1. The summed E-state index contributed by atoms with van der Waals surface area (Å²) in [4.78, 5) is 11.7. The lowest BCUT2D eigenvalue weighted by Gasteiger charge is -2.29. The zero-order chi connectivity index (χ0) is 18.7. The summed E-state index contributed by atoms with van der Waals surface area (Å²) in [5, 5.41) is 2.83. The summed E-state index contributed by atoms with van der Waals surface area (Å²) in [5.41, 5.74) is 2.03. The molecular formula is C20H29NO4S. The van der Waals surface area contributed by atoms with Gasteiger partial charge >= 0.3 is 0 Å². The van der Waals surface area contributed by atoms with Crippen LogP contribution in [0.2, 0.25) is 0 Å². The molecule has 0 heterocycles. The van der Waals surface area contributed by atoms with Gasteiger partial charge in [0.15, 0.2) is 0 Å². The van der Waals surface area contributed by atoms with Crippen LogP contribution in [0.3, 0.4) is 0 Å². The SMILES string of the molecule is CC(=O)Nc1cc(C2CCCCC2)c(S(=O)(=O)O)c(C2CCCCC2)c1. The molecule has 3 rings (SSSR count). The van der Waals surface area contributed by atoms with Crippen molar-refractivity contribution >= 4 is 21.7 Å². The van der Waals surface area contributed by atoms with Crippen LogP contribution in [0.1, 0.15) is 94.1 Å². The minimum atomic E-state index is -4.32.